The lowest BCUT2D eigenvalue weighted by atomic mass is 9.87. The molecule has 0 radical (unpaired) electrons. The molecule has 8 nitrogen and oxygen atoms in total. The van der Waals surface area contributed by atoms with Crippen LogP contribution in [-0.2, 0) is 9.53 Å². The number of methoxy groups -OCH3 is 1. The van der Waals surface area contributed by atoms with Crippen molar-refractivity contribution in [3.8, 4) is 5.75 Å². The van der Waals surface area contributed by atoms with Crippen molar-refractivity contribution in [1.29, 1.82) is 0 Å². The van der Waals surface area contributed by atoms with E-state index in [0.717, 1.165) is 49.1 Å². The molecule has 3 N–H and O–H groups in total. The van der Waals surface area contributed by atoms with Gasteiger partial charge in [0.15, 0.2) is 0 Å². The molecule has 172 valence electrons. The Morgan fingerprint density at radius 2 is 1.81 bits per heavy atom. The van der Waals surface area contributed by atoms with Crippen LogP contribution in [0.4, 0.5) is 4.79 Å². The van der Waals surface area contributed by atoms with Crippen LogP contribution in [0.5, 0.6) is 5.75 Å². The number of allylic oxidation sites excluding steroid dienone is 1. The van der Waals surface area contributed by atoms with Crippen LogP contribution in [-0.4, -0.2) is 73.8 Å². The van der Waals surface area contributed by atoms with Crippen molar-refractivity contribution in [3.05, 3.63) is 35.5 Å². The van der Waals surface area contributed by atoms with Gasteiger partial charge in [0.2, 0.25) is 5.91 Å². The smallest absolute Gasteiger partial charge is 0.317 e. The Bertz CT molecular complexity index is 905. The van der Waals surface area contributed by atoms with Gasteiger partial charge in [-0.3, -0.25) is 4.79 Å². The van der Waals surface area contributed by atoms with Crippen molar-refractivity contribution in [1.82, 2.24) is 15.1 Å². The van der Waals surface area contributed by atoms with Crippen LogP contribution in [0.15, 0.2) is 30.0 Å². The van der Waals surface area contributed by atoms with Crippen LogP contribution in [0, 0.1) is 11.8 Å². The van der Waals surface area contributed by atoms with Crippen molar-refractivity contribution >= 4 is 17.5 Å². The number of nitrogens with two attached hydrogens (primary N) is 1. The molecule has 3 fully saturated rings. The Labute approximate surface area is 188 Å². The second-order valence-electron chi connectivity index (χ2n) is 9.22. The van der Waals surface area contributed by atoms with E-state index in [4.69, 9.17) is 15.2 Å². The van der Waals surface area contributed by atoms with Crippen LogP contribution in [0.25, 0.3) is 5.57 Å². The second kappa shape index (κ2) is 8.65. The number of urea groups is 1. The molecule has 2 atom stereocenters. The zero-order valence-corrected chi connectivity index (χ0v) is 18.6. The predicted molar refractivity (Wildman–Crippen MR) is 120 cm³/mol. The zero-order valence-electron chi connectivity index (χ0n) is 18.6. The topological polar surface area (TPSA) is 97.1 Å². The maximum Gasteiger partial charge on any atom is 0.317 e. The normalized spacial score (nSPS) is 26.2. The number of nitrogens with zero attached hydrogens (tertiary/aromatic N) is 2. The van der Waals surface area contributed by atoms with E-state index in [1.54, 1.807) is 7.11 Å². The van der Waals surface area contributed by atoms with Crippen LogP contribution in [0.1, 0.15) is 31.2 Å². The molecular formula is C24H32N4O4. The number of rotatable bonds is 5. The monoisotopic (exact) mass is 440 g/mol. The lowest BCUT2D eigenvalue weighted by molar-refractivity contribution is -0.121. The molecule has 2 unspecified atom stereocenters. The van der Waals surface area contributed by atoms with Gasteiger partial charge in [-0.1, -0.05) is 12.1 Å². The molecule has 1 aromatic carbocycles. The summed E-state index contributed by atoms with van der Waals surface area (Å²) in [5.74, 6) is 0.497. The number of hydrogen-bond donors (Lipinski definition) is 2. The highest BCUT2D eigenvalue weighted by Crippen LogP contribution is 2.51. The number of primary amides is 1. The summed E-state index contributed by atoms with van der Waals surface area (Å²) in [5, 5.41) is 3.16. The van der Waals surface area contributed by atoms with Crippen molar-refractivity contribution in [2.45, 2.75) is 37.8 Å². The molecule has 1 aliphatic carbocycles. The van der Waals surface area contributed by atoms with Gasteiger partial charge in [0.25, 0.3) is 0 Å². The number of carbonyl (C=O) groups excluding carboxylic acids is 2. The van der Waals surface area contributed by atoms with E-state index in [2.05, 4.69) is 10.2 Å². The van der Waals surface area contributed by atoms with Gasteiger partial charge in [0, 0.05) is 44.6 Å². The molecule has 0 bridgehead atoms. The van der Waals surface area contributed by atoms with E-state index in [9.17, 15) is 9.59 Å². The number of fused-ring (bicyclic) bond motifs is 1. The Hall–Kier alpha value is -2.74. The van der Waals surface area contributed by atoms with Crippen LogP contribution in [0.3, 0.4) is 0 Å². The third kappa shape index (κ3) is 3.92. The van der Waals surface area contributed by atoms with E-state index in [1.807, 2.05) is 29.2 Å². The highest BCUT2D eigenvalue weighted by molar-refractivity contribution is 5.94. The van der Waals surface area contributed by atoms with Gasteiger partial charge < -0.3 is 30.3 Å². The first kappa shape index (κ1) is 21.1. The van der Waals surface area contributed by atoms with E-state index in [-0.39, 0.29) is 24.0 Å². The summed E-state index contributed by atoms with van der Waals surface area (Å²) in [5.41, 5.74) is 9.30. The molecule has 1 aromatic rings. The first-order valence-corrected chi connectivity index (χ1v) is 11.6. The predicted octanol–water partition coefficient (Wildman–Crippen LogP) is 1.81. The standard InChI is InChI=1S/C24H32N4O4/c1-31-18-6-4-15(5-7-18)20-21(23(25)29)19-14-27(10-11-28(19)22(20)16-2-3-16)24(30)26-17-8-12-32-13-9-17/h4-7,16-17,19,21H,2-3,8-14H2,1H3,(H2,25,29)(H,26,30). The maximum absolute atomic E-state index is 13.0. The van der Waals surface area contributed by atoms with Gasteiger partial charge in [-0.15, -0.1) is 0 Å². The molecule has 8 heteroatoms. The third-order valence-electron chi connectivity index (χ3n) is 7.21. The van der Waals surface area contributed by atoms with Gasteiger partial charge in [0.05, 0.1) is 19.1 Å². The summed E-state index contributed by atoms with van der Waals surface area (Å²) in [6, 6.07) is 7.87. The van der Waals surface area contributed by atoms with Crippen LogP contribution < -0.4 is 15.8 Å². The molecule has 3 heterocycles. The highest BCUT2D eigenvalue weighted by Gasteiger charge is 2.50. The summed E-state index contributed by atoms with van der Waals surface area (Å²) in [7, 11) is 1.64. The van der Waals surface area contributed by atoms with Gasteiger partial charge in [-0.25, -0.2) is 4.79 Å². The summed E-state index contributed by atoms with van der Waals surface area (Å²) in [4.78, 5) is 30.0. The van der Waals surface area contributed by atoms with Crippen LogP contribution in [0.2, 0.25) is 0 Å². The van der Waals surface area contributed by atoms with Crippen molar-refractivity contribution < 1.29 is 19.1 Å². The highest BCUT2D eigenvalue weighted by atomic mass is 16.5. The number of ether oxygens (including phenoxy) is 2. The summed E-state index contributed by atoms with van der Waals surface area (Å²) < 4.78 is 10.7. The largest absolute Gasteiger partial charge is 0.497 e. The SMILES string of the molecule is COc1ccc(C2=C(C3CC3)N3CCN(C(=O)NC4CCOCC4)CC3C2C(N)=O)cc1. The van der Waals surface area contributed by atoms with Crippen molar-refractivity contribution in [3.63, 3.8) is 0 Å². The molecule has 0 spiro atoms. The minimum absolute atomic E-state index is 0.0503. The first-order chi connectivity index (χ1) is 15.6. The Morgan fingerprint density at radius 3 is 2.44 bits per heavy atom. The number of amides is 3. The fourth-order valence-electron chi connectivity index (χ4n) is 5.43. The molecule has 4 aliphatic rings. The fraction of sp³-hybridized carbons (Fsp3) is 0.583. The average molecular weight is 441 g/mol. The second-order valence-corrected chi connectivity index (χ2v) is 9.22. The molecule has 3 aliphatic heterocycles. The van der Waals surface area contributed by atoms with Gasteiger partial charge in [-0.2, -0.15) is 0 Å². The number of benzene rings is 1. The summed E-state index contributed by atoms with van der Waals surface area (Å²) in [6.07, 6.45) is 3.96. The lowest BCUT2D eigenvalue weighted by Gasteiger charge is -2.42. The third-order valence-corrected chi connectivity index (χ3v) is 7.21. The van der Waals surface area contributed by atoms with Crippen molar-refractivity contribution in [2.75, 3.05) is 40.0 Å². The quantitative estimate of drug-likeness (QED) is 0.728. The molecule has 2 saturated heterocycles. The number of carbonyl (C=O) groups is 2. The van der Waals surface area contributed by atoms with E-state index in [1.165, 1.54) is 5.70 Å². The molecule has 5 rings (SSSR count). The van der Waals surface area contributed by atoms with Gasteiger partial charge >= 0.3 is 6.03 Å². The van der Waals surface area contributed by atoms with Gasteiger partial charge in [0.1, 0.15) is 5.75 Å². The average Bonchev–Trinajstić information content (AvgIpc) is 3.59. The minimum Gasteiger partial charge on any atom is -0.497 e. The van der Waals surface area contributed by atoms with Crippen LogP contribution >= 0.6 is 0 Å². The molecule has 3 amide bonds. The molecule has 0 aromatic heterocycles. The molecule has 32 heavy (non-hydrogen) atoms. The maximum atomic E-state index is 13.0. The lowest BCUT2D eigenvalue weighted by Crippen LogP contribution is -2.58. The van der Waals surface area contributed by atoms with E-state index in [0.29, 0.717) is 32.2 Å². The number of nitrogens with one attached hydrogen (secondary N) is 1. The Kier molecular flexibility index (Phi) is 5.71. The number of hydrogen-bond acceptors (Lipinski definition) is 5. The van der Waals surface area contributed by atoms with Gasteiger partial charge in [-0.05, 0) is 54.9 Å². The zero-order chi connectivity index (χ0) is 22.2. The molecule has 1 saturated carbocycles. The Morgan fingerprint density at radius 1 is 1.09 bits per heavy atom. The van der Waals surface area contributed by atoms with E-state index < -0.39 is 5.92 Å². The molecular weight excluding hydrogens is 408 g/mol. The van der Waals surface area contributed by atoms with Crippen molar-refractivity contribution in [2.24, 2.45) is 17.6 Å². The fourth-order valence-corrected chi connectivity index (χ4v) is 5.43. The van der Waals surface area contributed by atoms with E-state index >= 15 is 0 Å². The summed E-state index contributed by atoms with van der Waals surface area (Å²) in [6.45, 7) is 3.23. The minimum atomic E-state index is -0.433. The summed E-state index contributed by atoms with van der Waals surface area (Å²) >= 11 is 0. The first-order valence-electron chi connectivity index (χ1n) is 11.6. The Balaban J connectivity index is 1.40. The number of piperazine rings is 1.